The topological polar surface area (TPSA) is 126 Å². The van der Waals surface area contributed by atoms with Crippen molar-refractivity contribution in [1.29, 1.82) is 0 Å². The zero-order valence-electron chi connectivity index (χ0n) is 15.8. The first-order valence-corrected chi connectivity index (χ1v) is 9.13. The number of carbonyl (C=O) groups is 3. The molecule has 0 unspecified atom stereocenters. The number of nitrogens with zero attached hydrogens (tertiary/aromatic N) is 2. The van der Waals surface area contributed by atoms with Crippen LogP contribution in [0.4, 0.5) is 10.2 Å². The second-order valence-corrected chi connectivity index (χ2v) is 7.08. The number of aromatic hydroxyl groups is 1. The van der Waals surface area contributed by atoms with Crippen molar-refractivity contribution >= 4 is 23.5 Å². The maximum absolute atomic E-state index is 13.4. The summed E-state index contributed by atoms with van der Waals surface area (Å²) in [6.45, 7) is 2.28. The summed E-state index contributed by atoms with van der Waals surface area (Å²) < 4.78 is 13.4. The number of piperidine rings is 1. The molecule has 0 bridgehead atoms. The Morgan fingerprint density at radius 2 is 2.03 bits per heavy atom. The van der Waals surface area contributed by atoms with E-state index in [1.165, 1.54) is 35.4 Å². The zero-order valence-corrected chi connectivity index (χ0v) is 15.8. The molecule has 1 fully saturated rings. The quantitative estimate of drug-likeness (QED) is 0.679. The fourth-order valence-corrected chi connectivity index (χ4v) is 3.46. The van der Waals surface area contributed by atoms with Crippen LogP contribution in [0.5, 0.6) is 5.75 Å². The molecule has 1 aliphatic heterocycles. The average molecular weight is 400 g/mol. The lowest BCUT2D eigenvalue weighted by molar-refractivity contribution is -0.146. The first kappa shape index (κ1) is 20.2. The van der Waals surface area contributed by atoms with E-state index in [2.05, 4.69) is 10.3 Å². The molecule has 4 N–H and O–H groups in total. The molecule has 2 heterocycles. The van der Waals surface area contributed by atoms with Crippen LogP contribution in [0.2, 0.25) is 0 Å². The lowest BCUT2D eigenvalue weighted by Crippen LogP contribution is -2.46. The minimum absolute atomic E-state index is 0.0133. The van der Waals surface area contributed by atoms with Crippen LogP contribution in [0.1, 0.15) is 41.7 Å². The number of hydrogen-bond acceptors (Lipinski definition) is 5. The number of rotatable bonds is 3. The molecule has 8 nitrogen and oxygen atoms in total. The molecular formula is C20H21FN4O4. The Balaban J connectivity index is 1.85. The van der Waals surface area contributed by atoms with E-state index in [0.717, 1.165) is 12.5 Å². The van der Waals surface area contributed by atoms with Gasteiger partial charge in [0.15, 0.2) is 11.6 Å². The van der Waals surface area contributed by atoms with Crippen molar-refractivity contribution in [2.75, 3.05) is 11.9 Å². The Bertz CT molecular complexity index is 965. The van der Waals surface area contributed by atoms with Crippen LogP contribution in [-0.4, -0.2) is 39.3 Å². The van der Waals surface area contributed by atoms with Gasteiger partial charge >= 0.3 is 11.8 Å². The number of pyridine rings is 1. The lowest BCUT2D eigenvalue weighted by Gasteiger charge is -2.38. The number of nitrogens with one attached hydrogen (secondary N) is 1. The molecule has 0 spiro atoms. The van der Waals surface area contributed by atoms with Gasteiger partial charge in [0.2, 0.25) is 0 Å². The van der Waals surface area contributed by atoms with E-state index in [9.17, 15) is 23.9 Å². The highest BCUT2D eigenvalue weighted by atomic mass is 19.1. The fourth-order valence-electron chi connectivity index (χ4n) is 3.46. The first-order valence-electron chi connectivity index (χ1n) is 9.13. The summed E-state index contributed by atoms with van der Waals surface area (Å²) >= 11 is 0. The Morgan fingerprint density at radius 1 is 1.28 bits per heavy atom. The summed E-state index contributed by atoms with van der Waals surface area (Å²) in [5, 5.41) is 12.0. The molecule has 1 aromatic heterocycles. The first-order chi connectivity index (χ1) is 13.8. The van der Waals surface area contributed by atoms with Crippen LogP contribution in [0.3, 0.4) is 0 Å². The Morgan fingerprint density at radius 3 is 2.72 bits per heavy atom. The third kappa shape index (κ3) is 4.34. The summed E-state index contributed by atoms with van der Waals surface area (Å²) in [7, 11) is 0. The second-order valence-electron chi connectivity index (χ2n) is 7.08. The minimum atomic E-state index is -0.961. The van der Waals surface area contributed by atoms with Gasteiger partial charge in [0, 0.05) is 12.7 Å². The van der Waals surface area contributed by atoms with E-state index in [0.29, 0.717) is 18.5 Å². The normalized spacial score (nSPS) is 18.9. The third-order valence-electron chi connectivity index (χ3n) is 4.93. The molecule has 1 aliphatic rings. The van der Waals surface area contributed by atoms with Crippen molar-refractivity contribution in [3.8, 4) is 5.75 Å². The summed E-state index contributed by atoms with van der Waals surface area (Å²) in [5.74, 6) is -3.78. The predicted octanol–water partition coefficient (Wildman–Crippen LogP) is 1.96. The smallest absolute Gasteiger partial charge is 0.315 e. The maximum Gasteiger partial charge on any atom is 0.315 e. The Kier molecular flexibility index (Phi) is 5.76. The number of amides is 3. The number of halogens is 1. The minimum Gasteiger partial charge on any atom is -0.505 e. The van der Waals surface area contributed by atoms with Crippen LogP contribution < -0.4 is 11.1 Å². The number of phenols is 1. The molecule has 1 aromatic carbocycles. The molecular weight excluding hydrogens is 379 g/mol. The molecule has 1 saturated heterocycles. The summed E-state index contributed by atoms with van der Waals surface area (Å²) in [6, 6.07) is 6.26. The van der Waals surface area contributed by atoms with Crippen molar-refractivity contribution in [2.24, 2.45) is 11.7 Å². The van der Waals surface area contributed by atoms with E-state index < -0.39 is 35.3 Å². The van der Waals surface area contributed by atoms with E-state index in [1.807, 2.05) is 6.92 Å². The SMILES string of the molecule is C[C@H]1CC[C@H](c2ccc(F)c(O)c2)N(C(=O)C(=O)Nc2ncccc2C(N)=O)C1. The van der Waals surface area contributed by atoms with Crippen molar-refractivity contribution in [2.45, 2.75) is 25.8 Å². The van der Waals surface area contributed by atoms with E-state index >= 15 is 0 Å². The van der Waals surface area contributed by atoms with Gasteiger partial charge < -0.3 is 21.1 Å². The second kappa shape index (κ2) is 8.26. The number of carbonyl (C=O) groups excluding carboxylic acids is 3. The molecule has 2 atom stereocenters. The van der Waals surface area contributed by atoms with Crippen molar-refractivity contribution in [3.63, 3.8) is 0 Å². The summed E-state index contributed by atoms with van der Waals surface area (Å²) in [4.78, 5) is 42.3. The van der Waals surface area contributed by atoms with Crippen LogP contribution >= 0.6 is 0 Å². The predicted molar refractivity (Wildman–Crippen MR) is 102 cm³/mol. The van der Waals surface area contributed by atoms with E-state index in [-0.39, 0.29) is 17.3 Å². The monoisotopic (exact) mass is 400 g/mol. The van der Waals surface area contributed by atoms with Crippen molar-refractivity contribution in [1.82, 2.24) is 9.88 Å². The lowest BCUT2D eigenvalue weighted by atomic mass is 9.89. The number of primary amides is 1. The number of phenolic OH excluding ortho intramolecular Hbond substituents is 1. The number of nitrogens with two attached hydrogens (primary N) is 1. The van der Waals surface area contributed by atoms with E-state index in [4.69, 9.17) is 5.73 Å². The van der Waals surface area contributed by atoms with Gasteiger partial charge in [-0.1, -0.05) is 13.0 Å². The van der Waals surface area contributed by atoms with Crippen molar-refractivity contribution < 1.29 is 23.9 Å². The highest BCUT2D eigenvalue weighted by Gasteiger charge is 2.35. The summed E-state index contributed by atoms with van der Waals surface area (Å²) in [5.41, 5.74) is 5.79. The van der Waals surface area contributed by atoms with Gasteiger partial charge in [-0.05, 0) is 48.6 Å². The van der Waals surface area contributed by atoms with Crippen LogP contribution in [-0.2, 0) is 9.59 Å². The standard InChI is InChI=1S/C20H21FN4O4/c1-11-4-7-15(12-5-6-14(21)16(26)9-12)25(10-11)20(29)19(28)24-18-13(17(22)27)3-2-8-23-18/h2-3,5-6,8-9,11,15,26H,4,7,10H2,1H3,(H2,22,27)(H,23,24,28)/t11-,15+/m0/s1. The van der Waals surface area contributed by atoms with Gasteiger partial charge in [-0.3, -0.25) is 14.4 Å². The average Bonchev–Trinajstić information content (AvgIpc) is 2.69. The van der Waals surface area contributed by atoms with Crippen LogP contribution in [0.15, 0.2) is 36.5 Å². The van der Waals surface area contributed by atoms with Crippen LogP contribution in [0.25, 0.3) is 0 Å². The molecule has 0 radical (unpaired) electrons. The maximum atomic E-state index is 13.4. The fraction of sp³-hybridized carbons (Fsp3) is 0.300. The molecule has 3 amide bonds. The zero-order chi connectivity index (χ0) is 21.1. The molecule has 0 saturated carbocycles. The largest absolute Gasteiger partial charge is 0.505 e. The Labute approximate surface area is 166 Å². The molecule has 0 aliphatic carbocycles. The number of anilines is 1. The molecule has 152 valence electrons. The van der Waals surface area contributed by atoms with Gasteiger partial charge in [0.25, 0.3) is 5.91 Å². The molecule has 2 aromatic rings. The summed E-state index contributed by atoms with van der Waals surface area (Å²) in [6.07, 6.45) is 2.72. The van der Waals surface area contributed by atoms with Gasteiger partial charge in [0.1, 0.15) is 5.82 Å². The van der Waals surface area contributed by atoms with Gasteiger partial charge in [-0.15, -0.1) is 0 Å². The number of benzene rings is 1. The molecule has 9 heteroatoms. The Hall–Kier alpha value is -3.49. The van der Waals surface area contributed by atoms with Gasteiger partial charge in [-0.25, -0.2) is 9.37 Å². The number of likely N-dealkylation sites (tertiary alicyclic amines) is 1. The highest BCUT2D eigenvalue weighted by Crippen LogP contribution is 2.35. The third-order valence-corrected chi connectivity index (χ3v) is 4.93. The highest BCUT2D eigenvalue weighted by molar-refractivity contribution is 6.39. The molecule has 29 heavy (non-hydrogen) atoms. The van der Waals surface area contributed by atoms with Crippen molar-refractivity contribution in [3.05, 3.63) is 53.5 Å². The van der Waals surface area contributed by atoms with Gasteiger partial charge in [-0.2, -0.15) is 0 Å². The number of aromatic nitrogens is 1. The number of hydrogen-bond donors (Lipinski definition) is 3. The van der Waals surface area contributed by atoms with E-state index in [1.54, 1.807) is 0 Å². The molecule has 3 rings (SSSR count). The van der Waals surface area contributed by atoms with Gasteiger partial charge in [0.05, 0.1) is 11.6 Å². The van der Waals surface area contributed by atoms with Crippen LogP contribution in [0, 0.1) is 11.7 Å².